The summed E-state index contributed by atoms with van der Waals surface area (Å²) in [7, 11) is 0. The number of rotatable bonds is 7. The van der Waals surface area contributed by atoms with E-state index >= 15 is 0 Å². The molecule has 13 heavy (non-hydrogen) atoms. The minimum absolute atomic E-state index is 0.00151. The van der Waals surface area contributed by atoms with E-state index in [0.717, 1.165) is 0 Å². The molecule has 2 atom stereocenters. The SMILES string of the molecule is CCCCCCC(C)C(O)C1CC1. The van der Waals surface area contributed by atoms with E-state index in [2.05, 4.69) is 13.8 Å². The number of aliphatic hydroxyl groups is 1. The van der Waals surface area contributed by atoms with Crippen molar-refractivity contribution in [2.45, 2.75) is 64.9 Å². The van der Waals surface area contributed by atoms with Crippen LogP contribution in [0.1, 0.15) is 58.8 Å². The average molecular weight is 184 g/mol. The van der Waals surface area contributed by atoms with E-state index < -0.39 is 0 Å². The summed E-state index contributed by atoms with van der Waals surface area (Å²) < 4.78 is 0. The lowest BCUT2D eigenvalue weighted by molar-refractivity contribution is 0.0892. The van der Waals surface area contributed by atoms with Crippen molar-refractivity contribution < 1.29 is 5.11 Å². The maximum absolute atomic E-state index is 9.81. The fourth-order valence-electron chi connectivity index (χ4n) is 1.97. The van der Waals surface area contributed by atoms with Crippen LogP contribution in [0.25, 0.3) is 0 Å². The lowest BCUT2D eigenvalue weighted by atomic mass is 9.94. The molecule has 0 aliphatic heterocycles. The van der Waals surface area contributed by atoms with E-state index in [-0.39, 0.29) is 6.10 Å². The Hall–Kier alpha value is -0.0400. The van der Waals surface area contributed by atoms with Crippen LogP contribution in [0.3, 0.4) is 0 Å². The van der Waals surface area contributed by atoms with Gasteiger partial charge in [0.2, 0.25) is 0 Å². The zero-order valence-electron chi connectivity index (χ0n) is 9.13. The fraction of sp³-hybridized carbons (Fsp3) is 1.00. The molecule has 0 spiro atoms. The number of aliphatic hydroxyl groups excluding tert-OH is 1. The van der Waals surface area contributed by atoms with Crippen LogP contribution < -0.4 is 0 Å². The highest BCUT2D eigenvalue weighted by Crippen LogP contribution is 2.36. The van der Waals surface area contributed by atoms with Crippen molar-refractivity contribution in [3.05, 3.63) is 0 Å². The Labute approximate surface area is 82.5 Å². The lowest BCUT2D eigenvalue weighted by Crippen LogP contribution is -2.19. The predicted molar refractivity (Wildman–Crippen MR) is 56.7 cm³/mol. The van der Waals surface area contributed by atoms with Crippen molar-refractivity contribution in [3.8, 4) is 0 Å². The average Bonchev–Trinajstić information content (AvgIpc) is 2.94. The monoisotopic (exact) mass is 184 g/mol. The first-order valence-corrected chi connectivity index (χ1v) is 5.93. The third-order valence-corrected chi connectivity index (χ3v) is 3.20. The van der Waals surface area contributed by atoms with E-state index in [0.29, 0.717) is 11.8 Å². The van der Waals surface area contributed by atoms with Gasteiger partial charge in [0.25, 0.3) is 0 Å². The Morgan fingerprint density at radius 3 is 2.46 bits per heavy atom. The van der Waals surface area contributed by atoms with Crippen LogP contribution in [0.4, 0.5) is 0 Å². The van der Waals surface area contributed by atoms with Crippen molar-refractivity contribution in [3.63, 3.8) is 0 Å². The Morgan fingerprint density at radius 1 is 1.23 bits per heavy atom. The summed E-state index contributed by atoms with van der Waals surface area (Å²) in [6, 6.07) is 0. The van der Waals surface area contributed by atoms with Crippen LogP contribution >= 0.6 is 0 Å². The van der Waals surface area contributed by atoms with Crippen LogP contribution in [-0.4, -0.2) is 11.2 Å². The highest BCUT2D eigenvalue weighted by atomic mass is 16.3. The van der Waals surface area contributed by atoms with Gasteiger partial charge in [0, 0.05) is 0 Å². The molecular formula is C12H24O. The maximum Gasteiger partial charge on any atom is 0.0593 e. The summed E-state index contributed by atoms with van der Waals surface area (Å²) in [5.74, 6) is 1.19. The van der Waals surface area contributed by atoms with Crippen LogP contribution in [-0.2, 0) is 0 Å². The second kappa shape index (κ2) is 5.64. The van der Waals surface area contributed by atoms with Gasteiger partial charge in [-0.25, -0.2) is 0 Å². The van der Waals surface area contributed by atoms with E-state index in [1.807, 2.05) is 0 Å². The molecule has 1 rings (SSSR count). The summed E-state index contributed by atoms with van der Waals surface area (Å²) in [6.45, 7) is 4.44. The van der Waals surface area contributed by atoms with Crippen molar-refractivity contribution in [1.82, 2.24) is 0 Å². The standard InChI is InChI=1S/C12H24O/c1-3-4-5-6-7-10(2)12(13)11-8-9-11/h10-13H,3-9H2,1-2H3. The molecule has 0 saturated heterocycles. The molecule has 0 radical (unpaired) electrons. The summed E-state index contributed by atoms with van der Waals surface area (Å²) in [4.78, 5) is 0. The van der Waals surface area contributed by atoms with Crippen molar-refractivity contribution in [2.75, 3.05) is 0 Å². The molecule has 0 aromatic heterocycles. The quantitative estimate of drug-likeness (QED) is 0.601. The largest absolute Gasteiger partial charge is 0.393 e. The predicted octanol–water partition coefficient (Wildman–Crippen LogP) is 3.36. The zero-order chi connectivity index (χ0) is 9.68. The minimum Gasteiger partial charge on any atom is -0.393 e. The first-order valence-electron chi connectivity index (χ1n) is 5.93. The van der Waals surface area contributed by atoms with Gasteiger partial charge in [-0.2, -0.15) is 0 Å². The Balaban J connectivity index is 1.99. The van der Waals surface area contributed by atoms with Gasteiger partial charge in [0.05, 0.1) is 6.10 Å². The molecule has 78 valence electrons. The van der Waals surface area contributed by atoms with Gasteiger partial charge in [-0.05, 0) is 31.1 Å². The Morgan fingerprint density at radius 2 is 1.92 bits per heavy atom. The third kappa shape index (κ3) is 4.12. The molecule has 1 aliphatic carbocycles. The smallest absolute Gasteiger partial charge is 0.0593 e. The molecule has 0 aromatic rings. The van der Waals surface area contributed by atoms with E-state index in [9.17, 15) is 5.11 Å². The second-order valence-electron chi connectivity index (χ2n) is 4.65. The zero-order valence-corrected chi connectivity index (χ0v) is 9.13. The maximum atomic E-state index is 9.81. The first-order chi connectivity index (χ1) is 6.25. The molecule has 2 unspecified atom stereocenters. The van der Waals surface area contributed by atoms with Crippen LogP contribution in [0.5, 0.6) is 0 Å². The van der Waals surface area contributed by atoms with E-state index in [1.54, 1.807) is 0 Å². The molecule has 1 heteroatoms. The summed E-state index contributed by atoms with van der Waals surface area (Å²) in [5.41, 5.74) is 0. The highest BCUT2D eigenvalue weighted by molar-refractivity contribution is 4.83. The van der Waals surface area contributed by atoms with Gasteiger partial charge < -0.3 is 5.11 Å². The van der Waals surface area contributed by atoms with Crippen molar-refractivity contribution in [2.24, 2.45) is 11.8 Å². The van der Waals surface area contributed by atoms with Gasteiger partial charge in [0.1, 0.15) is 0 Å². The molecule has 0 heterocycles. The van der Waals surface area contributed by atoms with Crippen LogP contribution in [0, 0.1) is 11.8 Å². The molecule has 0 amide bonds. The van der Waals surface area contributed by atoms with Gasteiger partial charge in [-0.1, -0.05) is 39.5 Å². The highest BCUT2D eigenvalue weighted by Gasteiger charge is 2.32. The molecule has 0 bridgehead atoms. The Bertz CT molecular complexity index is 129. The van der Waals surface area contributed by atoms with Crippen molar-refractivity contribution >= 4 is 0 Å². The molecule has 1 nitrogen and oxygen atoms in total. The molecule has 1 N–H and O–H groups in total. The van der Waals surface area contributed by atoms with Gasteiger partial charge >= 0.3 is 0 Å². The van der Waals surface area contributed by atoms with E-state index in [1.165, 1.54) is 44.9 Å². The first kappa shape index (κ1) is 11.0. The summed E-state index contributed by atoms with van der Waals surface area (Å²) in [5, 5.41) is 9.81. The van der Waals surface area contributed by atoms with E-state index in [4.69, 9.17) is 0 Å². The second-order valence-corrected chi connectivity index (χ2v) is 4.65. The van der Waals surface area contributed by atoms with Crippen molar-refractivity contribution in [1.29, 1.82) is 0 Å². The molecule has 1 fully saturated rings. The Kier molecular flexibility index (Phi) is 4.79. The number of hydrogen-bond acceptors (Lipinski definition) is 1. The fourth-order valence-corrected chi connectivity index (χ4v) is 1.97. The van der Waals surface area contributed by atoms with Gasteiger partial charge in [0.15, 0.2) is 0 Å². The van der Waals surface area contributed by atoms with Crippen LogP contribution in [0.2, 0.25) is 0 Å². The van der Waals surface area contributed by atoms with Gasteiger partial charge in [-0.3, -0.25) is 0 Å². The molecular weight excluding hydrogens is 160 g/mol. The molecule has 1 saturated carbocycles. The summed E-state index contributed by atoms with van der Waals surface area (Å²) in [6.07, 6.45) is 9.06. The number of unbranched alkanes of at least 4 members (excludes halogenated alkanes) is 3. The molecule has 0 aromatic carbocycles. The van der Waals surface area contributed by atoms with Gasteiger partial charge in [-0.15, -0.1) is 0 Å². The minimum atomic E-state index is 0.00151. The number of hydrogen-bond donors (Lipinski definition) is 1. The summed E-state index contributed by atoms with van der Waals surface area (Å²) >= 11 is 0. The van der Waals surface area contributed by atoms with Crippen LogP contribution in [0.15, 0.2) is 0 Å². The topological polar surface area (TPSA) is 20.2 Å². The molecule has 1 aliphatic rings. The third-order valence-electron chi connectivity index (χ3n) is 3.20. The lowest BCUT2D eigenvalue weighted by Gasteiger charge is -2.17. The normalized spacial score (nSPS) is 21.5.